The first-order valence-corrected chi connectivity index (χ1v) is 7.23. The molecule has 4 nitrogen and oxygen atoms in total. The molecule has 112 valence electrons. The summed E-state index contributed by atoms with van der Waals surface area (Å²) in [5, 5.41) is 3.29. The van der Waals surface area contributed by atoms with Crippen LogP contribution in [0.15, 0.2) is 48.5 Å². The zero-order valence-electron chi connectivity index (χ0n) is 12.3. The number of rotatable bonds is 8. The number of anilines is 2. The fourth-order valence-corrected chi connectivity index (χ4v) is 1.91. The lowest BCUT2D eigenvalue weighted by Crippen LogP contribution is -2.11. The number of nitrogens with two attached hydrogens (primary N) is 1. The molecule has 0 amide bonds. The highest BCUT2D eigenvalue weighted by atomic mass is 16.5. The Hall–Kier alpha value is -2.36. The summed E-state index contributed by atoms with van der Waals surface area (Å²) in [6.07, 6.45) is 0.975. The summed E-state index contributed by atoms with van der Waals surface area (Å²) in [4.78, 5) is 0. The third-order valence-corrected chi connectivity index (χ3v) is 2.84. The van der Waals surface area contributed by atoms with Crippen molar-refractivity contribution in [3.8, 4) is 11.5 Å². The second-order valence-electron chi connectivity index (χ2n) is 4.73. The Labute approximate surface area is 125 Å². The molecule has 0 aromatic heterocycles. The Morgan fingerprint density at radius 2 is 1.71 bits per heavy atom. The number of para-hydroxylation sites is 1. The van der Waals surface area contributed by atoms with Crippen LogP contribution >= 0.6 is 0 Å². The predicted molar refractivity (Wildman–Crippen MR) is 87.1 cm³/mol. The topological polar surface area (TPSA) is 56.5 Å². The maximum Gasteiger partial charge on any atom is 0.123 e. The summed E-state index contributed by atoms with van der Waals surface area (Å²) in [6, 6.07) is 15.4. The van der Waals surface area contributed by atoms with Gasteiger partial charge >= 0.3 is 0 Å². The number of nitrogen functional groups attached to an aromatic ring is 1. The van der Waals surface area contributed by atoms with E-state index in [2.05, 4.69) is 12.2 Å². The molecule has 0 saturated carbocycles. The normalized spacial score (nSPS) is 10.1. The molecule has 4 heteroatoms. The summed E-state index contributed by atoms with van der Waals surface area (Å²) in [5.41, 5.74) is 7.51. The van der Waals surface area contributed by atoms with Crippen molar-refractivity contribution in [2.45, 2.75) is 13.3 Å². The van der Waals surface area contributed by atoms with Crippen LogP contribution in [0.1, 0.15) is 13.3 Å². The molecule has 0 radical (unpaired) electrons. The van der Waals surface area contributed by atoms with E-state index in [0.717, 1.165) is 23.6 Å². The van der Waals surface area contributed by atoms with Crippen LogP contribution in [-0.2, 0) is 0 Å². The van der Waals surface area contributed by atoms with Crippen LogP contribution in [0.4, 0.5) is 11.4 Å². The van der Waals surface area contributed by atoms with Gasteiger partial charge in [-0.1, -0.05) is 25.1 Å². The third-order valence-electron chi connectivity index (χ3n) is 2.84. The Balaban J connectivity index is 1.81. The Kier molecular flexibility index (Phi) is 5.76. The second-order valence-corrected chi connectivity index (χ2v) is 4.73. The quantitative estimate of drug-likeness (QED) is 0.575. The fourth-order valence-electron chi connectivity index (χ4n) is 1.91. The second kappa shape index (κ2) is 8.04. The van der Waals surface area contributed by atoms with Gasteiger partial charge in [0.05, 0.1) is 6.61 Å². The van der Waals surface area contributed by atoms with Crippen LogP contribution < -0.4 is 20.5 Å². The lowest BCUT2D eigenvalue weighted by atomic mass is 10.2. The Bertz CT molecular complexity index is 544. The largest absolute Gasteiger partial charge is 0.493 e. The van der Waals surface area contributed by atoms with E-state index in [9.17, 15) is 0 Å². The smallest absolute Gasteiger partial charge is 0.123 e. The molecular formula is C17H22N2O2. The zero-order valence-corrected chi connectivity index (χ0v) is 12.3. The van der Waals surface area contributed by atoms with Gasteiger partial charge in [0.15, 0.2) is 0 Å². The van der Waals surface area contributed by atoms with Crippen LogP contribution in [0, 0.1) is 0 Å². The molecule has 0 aliphatic heterocycles. The molecule has 2 aromatic carbocycles. The van der Waals surface area contributed by atoms with Crippen molar-refractivity contribution in [1.82, 2.24) is 0 Å². The lowest BCUT2D eigenvalue weighted by Gasteiger charge is -2.11. The van der Waals surface area contributed by atoms with E-state index in [-0.39, 0.29) is 0 Å². The number of nitrogens with one attached hydrogen (secondary N) is 1. The molecule has 0 atom stereocenters. The van der Waals surface area contributed by atoms with E-state index >= 15 is 0 Å². The molecule has 0 unspecified atom stereocenters. The first-order valence-electron chi connectivity index (χ1n) is 7.23. The lowest BCUT2D eigenvalue weighted by molar-refractivity contribution is 0.317. The number of hydrogen-bond donors (Lipinski definition) is 2. The van der Waals surface area contributed by atoms with Crippen LogP contribution in [0.3, 0.4) is 0 Å². The van der Waals surface area contributed by atoms with Crippen molar-refractivity contribution in [3.05, 3.63) is 48.5 Å². The van der Waals surface area contributed by atoms with Crippen LogP contribution in [0.5, 0.6) is 11.5 Å². The molecule has 3 N–H and O–H groups in total. The number of ether oxygens (including phenoxy) is 2. The average Bonchev–Trinajstić information content (AvgIpc) is 2.50. The van der Waals surface area contributed by atoms with E-state index in [4.69, 9.17) is 15.2 Å². The molecule has 2 aromatic rings. The standard InChI is InChI=1S/C17H22N2O2/c1-2-9-20-17-12-14(18)11-15(13-17)19-8-10-21-16-6-4-3-5-7-16/h3-7,11-13,19H,2,8-10,18H2,1H3. The van der Waals surface area contributed by atoms with Crippen molar-refractivity contribution in [2.75, 3.05) is 30.8 Å². The minimum atomic E-state index is 0.587. The van der Waals surface area contributed by atoms with Gasteiger partial charge in [-0.2, -0.15) is 0 Å². The van der Waals surface area contributed by atoms with Crippen molar-refractivity contribution < 1.29 is 9.47 Å². The van der Waals surface area contributed by atoms with Gasteiger partial charge in [-0.25, -0.2) is 0 Å². The van der Waals surface area contributed by atoms with Gasteiger partial charge in [-0.3, -0.25) is 0 Å². The van der Waals surface area contributed by atoms with Crippen LogP contribution in [0.2, 0.25) is 0 Å². The van der Waals surface area contributed by atoms with Gasteiger partial charge in [0.1, 0.15) is 18.1 Å². The van der Waals surface area contributed by atoms with Gasteiger partial charge in [0.25, 0.3) is 0 Å². The summed E-state index contributed by atoms with van der Waals surface area (Å²) < 4.78 is 11.2. The maximum absolute atomic E-state index is 5.88. The van der Waals surface area contributed by atoms with Gasteiger partial charge in [-0.15, -0.1) is 0 Å². The van der Waals surface area contributed by atoms with E-state index in [1.54, 1.807) is 0 Å². The van der Waals surface area contributed by atoms with Crippen LogP contribution in [-0.4, -0.2) is 19.8 Å². The minimum Gasteiger partial charge on any atom is -0.493 e. The monoisotopic (exact) mass is 286 g/mol. The van der Waals surface area contributed by atoms with E-state index in [0.29, 0.717) is 25.4 Å². The zero-order chi connectivity index (χ0) is 14.9. The van der Waals surface area contributed by atoms with E-state index in [1.165, 1.54) is 0 Å². The van der Waals surface area contributed by atoms with Gasteiger partial charge in [0, 0.05) is 30.1 Å². The SMILES string of the molecule is CCCOc1cc(N)cc(NCCOc2ccccc2)c1. The molecule has 0 aliphatic carbocycles. The molecule has 0 heterocycles. The molecule has 0 spiro atoms. The average molecular weight is 286 g/mol. The first-order chi connectivity index (χ1) is 10.3. The summed E-state index contributed by atoms with van der Waals surface area (Å²) in [5.74, 6) is 1.67. The Morgan fingerprint density at radius 1 is 0.952 bits per heavy atom. The van der Waals surface area contributed by atoms with Crippen LogP contribution in [0.25, 0.3) is 0 Å². The van der Waals surface area contributed by atoms with Crippen molar-refractivity contribution in [1.29, 1.82) is 0 Å². The summed E-state index contributed by atoms with van der Waals surface area (Å²) >= 11 is 0. The minimum absolute atomic E-state index is 0.587. The molecule has 0 bridgehead atoms. The highest BCUT2D eigenvalue weighted by molar-refractivity contribution is 5.59. The van der Waals surface area contributed by atoms with Crippen molar-refractivity contribution >= 4 is 11.4 Å². The molecule has 0 fully saturated rings. The van der Waals surface area contributed by atoms with Crippen molar-refractivity contribution in [2.24, 2.45) is 0 Å². The highest BCUT2D eigenvalue weighted by Gasteiger charge is 2.00. The van der Waals surface area contributed by atoms with Gasteiger partial charge < -0.3 is 20.5 Å². The first kappa shape index (κ1) is 15.0. The summed E-state index contributed by atoms with van der Waals surface area (Å²) in [7, 11) is 0. The predicted octanol–water partition coefficient (Wildman–Crippen LogP) is 3.55. The number of benzene rings is 2. The fraction of sp³-hybridized carbons (Fsp3) is 0.294. The molecule has 0 saturated heterocycles. The summed E-state index contributed by atoms with van der Waals surface area (Å²) in [6.45, 7) is 4.06. The third kappa shape index (κ3) is 5.26. The molecule has 0 aliphatic rings. The van der Waals surface area contributed by atoms with Gasteiger partial charge in [0.2, 0.25) is 0 Å². The highest BCUT2D eigenvalue weighted by Crippen LogP contribution is 2.22. The molecular weight excluding hydrogens is 264 g/mol. The van der Waals surface area contributed by atoms with Gasteiger partial charge in [-0.05, 0) is 24.6 Å². The number of hydrogen-bond acceptors (Lipinski definition) is 4. The van der Waals surface area contributed by atoms with Crippen molar-refractivity contribution in [3.63, 3.8) is 0 Å². The maximum atomic E-state index is 5.88. The molecule has 21 heavy (non-hydrogen) atoms. The van der Waals surface area contributed by atoms with E-state index in [1.807, 2.05) is 48.5 Å². The Morgan fingerprint density at radius 3 is 2.48 bits per heavy atom. The molecule has 2 rings (SSSR count). The van der Waals surface area contributed by atoms with E-state index < -0.39 is 0 Å².